The van der Waals surface area contributed by atoms with Crippen molar-refractivity contribution in [3.8, 4) is 0 Å². The second kappa shape index (κ2) is 5.77. The highest BCUT2D eigenvalue weighted by Gasteiger charge is 2.23. The molecule has 100 valence electrons. The molecule has 5 nitrogen and oxygen atoms in total. The summed E-state index contributed by atoms with van der Waals surface area (Å²) in [7, 11) is -3.69. The molecule has 0 spiro atoms. The van der Waals surface area contributed by atoms with Gasteiger partial charge >= 0.3 is 5.97 Å². The van der Waals surface area contributed by atoms with E-state index < -0.39 is 22.5 Å². The molecule has 0 aromatic heterocycles. The number of carboxylic acids is 1. The predicted molar refractivity (Wildman–Crippen MR) is 70.9 cm³/mol. The van der Waals surface area contributed by atoms with Gasteiger partial charge in [-0.1, -0.05) is 23.2 Å². The van der Waals surface area contributed by atoms with Crippen LogP contribution in [0.2, 0.25) is 10.0 Å². The molecule has 0 atom stereocenters. The number of nitrogens with zero attached hydrogens (tertiary/aromatic N) is 1. The molecule has 0 aliphatic heterocycles. The van der Waals surface area contributed by atoms with E-state index in [1.165, 1.54) is 25.1 Å². The number of benzene rings is 1. The minimum Gasteiger partial charge on any atom is -0.480 e. The number of carbonyl (C=O) groups is 1. The van der Waals surface area contributed by atoms with Crippen molar-refractivity contribution in [3.63, 3.8) is 0 Å². The van der Waals surface area contributed by atoms with Gasteiger partial charge in [0.25, 0.3) is 0 Å². The summed E-state index contributed by atoms with van der Waals surface area (Å²) in [6.07, 6.45) is 0. The molecule has 1 N–H and O–H groups in total. The van der Waals surface area contributed by atoms with Crippen molar-refractivity contribution >= 4 is 44.9 Å². The third kappa shape index (κ3) is 3.51. The number of aliphatic carboxylic acids is 1. The Hall–Kier alpha value is -0.980. The lowest BCUT2D eigenvalue weighted by Gasteiger charge is -2.22. The van der Waals surface area contributed by atoms with Gasteiger partial charge in [-0.3, -0.25) is 9.10 Å². The Kier molecular flexibility index (Phi) is 4.84. The fraction of sp³-hybridized carbons (Fsp3) is 0.300. The number of carboxylic acid groups (broad SMARTS) is 1. The van der Waals surface area contributed by atoms with Gasteiger partial charge in [-0.05, 0) is 25.1 Å². The fourth-order valence-electron chi connectivity index (χ4n) is 1.27. The van der Waals surface area contributed by atoms with Crippen LogP contribution in [0.1, 0.15) is 6.92 Å². The van der Waals surface area contributed by atoms with E-state index in [0.717, 1.165) is 4.31 Å². The van der Waals surface area contributed by atoms with Crippen LogP contribution in [-0.2, 0) is 14.8 Å². The SMILES string of the molecule is CCS(=O)(=O)N(CC(=O)O)c1ccc(Cl)c(Cl)c1. The Morgan fingerprint density at radius 3 is 2.39 bits per heavy atom. The van der Waals surface area contributed by atoms with Crippen LogP contribution in [0.4, 0.5) is 5.69 Å². The maximum Gasteiger partial charge on any atom is 0.324 e. The maximum atomic E-state index is 11.8. The van der Waals surface area contributed by atoms with E-state index in [-0.39, 0.29) is 21.5 Å². The lowest BCUT2D eigenvalue weighted by molar-refractivity contribution is -0.135. The highest BCUT2D eigenvalue weighted by Crippen LogP contribution is 2.28. The van der Waals surface area contributed by atoms with Crippen molar-refractivity contribution in [2.24, 2.45) is 0 Å². The molecule has 0 heterocycles. The third-order valence-electron chi connectivity index (χ3n) is 2.17. The highest BCUT2D eigenvalue weighted by atomic mass is 35.5. The first-order valence-electron chi connectivity index (χ1n) is 4.95. The van der Waals surface area contributed by atoms with E-state index in [1.807, 2.05) is 0 Å². The fourth-order valence-corrected chi connectivity index (χ4v) is 2.62. The van der Waals surface area contributed by atoms with Crippen LogP contribution in [0.25, 0.3) is 0 Å². The normalized spacial score (nSPS) is 11.3. The standard InChI is InChI=1S/C10H11Cl2NO4S/c1-2-18(16,17)13(6-10(14)15)7-3-4-8(11)9(12)5-7/h3-5H,2,6H2,1H3,(H,14,15). The summed E-state index contributed by atoms with van der Waals surface area (Å²) in [4.78, 5) is 10.7. The van der Waals surface area contributed by atoms with Gasteiger partial charge in [0.05, 0.1) is 21.5 Å². The number of hydrogen-bond acceptors (Lipinski definition) is 3. The Morgan fingerprint density at radius 2 is 1.94 bits per heavy atom. The van der Waals surface area contributed by atoms with Gasteiger partial charge in [0, 0.05) is 0 Å². The average molecular weight is 312 g/mol. The zero-order chi connectivity index (χ0) is 13.9. The molecule has 0 aliphatic rings. The Morgan fingerprint density at radius 1 is 1.33 bits per heavy atom. The van der Waals surface area contributed by atoms with E-state index in [0.29, 0.717) is 0 Å². The smallest absolute Gasteiger partial charge is 0.324 e. The van der Waals surface area contributed by atoms with Gasteiger partial charge in [0.2, 0.25) is 10.0 Å². The largest absolute Gasteiger partial charge is 0.480 e. The molecule has 8 heteroatoms. The molecule has 0 bridgehead atoms. The lowest BCUT2D eigenvalue weighted by Crippen LogP contribution is -2.36. The summed E-state index contributed by atoms with van der Waals surface area (Å²) in [5.41, 5.74) is 0.175. The number of anilines is 1. The van der Waals surface area contributed by atoms with Crippen molar-refractivity contribution in [3.05, 3.63) is 28.2 Å². The van der Waals surface area contributed by atoms with E-state index >= 15 is 0 Å². The summed E-state index contributed by atoms with van der Waals surface area (Å²) in [6.45, 7) is 0.774. The summed E-state index contributed by atoms with van der Waals surface area (Å²) in [5, 5.41) is 9.19. The molecule has 0 saturated carbocycles. The number of rotatable bonds is 5. The van der Waals surface area contributed by atoms with Gasteiger partial charge in [-0.2, -0.15) is 0 Å². The molecular weight excluding hydrogens is 301 g/mol. The second-order valence-corrected chi connectivity index (χ2v) is 6.40. The van der Waals surface area contributed by atoms with Gasteiger partial charge in [-0.25, -0.2) is 8.42 Å². The molecule has 0 fully saturated rings. The highest BCUT2D eigenvalue weighted by molar-refractivity contribution is 7.92. The summed E-state index contributed by atoms with van der Waals surface area (Å²) < 4.78 is 24.4. The molecular formula is C10H11Cl2NO4S. The zero-order valence-corrected chi connectivity index (χ0v) is 11.8. The van der Waals surface area contributed by atoms with Crippen LogP contribution < -0.4 is 4.31 Å². The van der Waals surface area contributed by atoms with Crippen molar-refractivity contribution in [1.82, 2.24) is 0 Å². The Balaban J connectivity index is 3.26. The number of hydrogen-bond donors (Lipinski definition) is 1. The predicted octanol–water partition coefficient (Wildman–Crippen LogP) is 2.23. The monoisotopic (exact) mass is 311 g/mol. The third-order valence-corrected chi connectivity index (χ3v) is 4.65. The van der Waals surface area contributed by atoms with Crippen molar-refractivity contribution in [2.45, 2.75) is 6.92 Å². The molecule has 18 heavy (non-hydrogen) atoms. The van der Waals surface area contributed by atoms with Gasteiger partial charge in [-0.15, -0.1) is 0 Å². The van der Waals surface area contributed by atoms with Crippen LogP contribution in [-0.4, -0.2) is 31.8 Å². The topological polar surface area (TPSA) is 74.7 Å². The van der Waals surface area contributed by atoms with Crippen LogP contribution in [0.15, 0.2) is 18.2 Å². The Bertz CT molecular complexity index is 559. The van der Waals surface area contributed by atoms with Crippen molar-refractivity contribution < 1.29 is 18.3 Å². The van der Waals surface area contributed by atoms with Crippen LogP contribution in [0, 0.1) is 0 Å². The summed E-state index contributed by atoms with van der Waals surface area (Å²) >= 11 is 11.5. The van der Waals surface area contributed by atoms with Crippen molar-refractivity contribution in [2.75, 3.05) is 16.6 Å². The van der Waals surface area contributed by atoms with Crippen LogP contribution in [0.3, 0.4) is 0 Å². The van der Waals surface area contributed by atoms with Gasteiger partial charge in [0.1, 0.15) is 6.54 Å². The Labute approximate surface area is 115 Å². The molecule has 0 amide bonds. The molecule has 0 saturated heterocycles. The maximum absolute atomic E-state index is 11.8. The van der Waals surface area contributed by atoms with Gasteiger partial charge < -0.3 is 5.11 Å². The van der Waals surface area contributed by atoms with E-state index in [9.17, 15) is 13.2 Å². The summed E-state index contributed by atoms with van der Waals surface area (Å²) in [5.74, 6) is -1.46. The number of halogens is 2. The quantitative estimate of drug-likeness (QED) is 0.905. The minimum absolute atomic E-state index is 0.163. The zero-order valence-electron chi connectivity index (χ0n) is 9.43. The average Bonchev–Trinajstić information content (AvgIpc) is 2.29. The van der Waals surface area contributed by atoms with E-state index in [1.54, 1.807) is 0 Å². The molecule has 1 aromatic carbocycles. The van der Waals surface area contributed by atoms with Gasteiger partial charge in [0.15, 0.2) is 0 Å². The molecule has 0 unspecified atom stereocenters. The first-order chi connectivity index (χ1) is 8.27. The minimum atomic E-state index is -3.69. The second-order valence-electron chi connectivity index (χ2n) is 3.40. The van der Waals surface area contributed by atoms with E-state index in [2.05, 4.69) is 0 Å². The first-order valence-corrected chi connectivity index (χ1v) is 7.31. The van der Waals surface area contributed by atoms with E-state index in [4.69, 9.17) is 28.3 Å². The lowest BCUT2D eigenvalue weighted by atomic mass is 10.3. The molecule has 0 radical (unpaired) electrons. The molecule has 0 aliphatic carbocycles. The molecule has 1 rings (SSSR count). The van der Waals surface area contributed by atoms with Crippen molar-refractivity contribution in [1.29, 1.82) is 0 Å². The van der Waals surface area contributed by atoms with Crippen LogP contribution >= 0.6 is 23.2 Å². The molecule has 1 aromatic rings. The van der Waals surface area contributed by atoms with Crippen LogP contribution in [0.5, 0.6) is 0 Å². The first kappa shape index (κ1) is 15.1. The number of sulfonamides is 1. The summed E-state index contributed by atoms with van der Waals surface area (Å²) in [6, 6.07) is 4.14.